The average molecular weight is 391 g/mol. The highest BCUT2D eigenvalue weighted by Gasteiger charge is 2.14. The molecule has 1 aromatic heterocycles. The maximum atomic E-state index is 12.2. The molecular weight excluding hydrogens is 372 g/mol. The third-order valence-electron chi connectivity index (χ3n) is 3.87. The molecule has 1 N–H and O–H groups in total. The van der Waals surface area contributed by atoms with E-state index in [1.165, 1.54) is 0 Å². The summed E-state index contributed by atoms with van der Waals surface area (Å²) in [5.41, 5.74) is 2.33. The van der Waals surface area contributed by atoms with Gasteiger partial charge in [-0.2, -0.15) is 0 Å². The highest BCUT2D eigenvalue weighted by molar-refractivity contribution is 7.88. The Morgan fingerprint density at radius 1 is 1.08 bits per heavy atom. The third-order valence-corrected chi connectivity index (χ3v) is 5.48. The topological polar surface area (TPSA) is 72.2 Å². The second-order valence-corrected chi connectivity index (χ2v) is 8.16. The first-order valence-corrected chi connectivity index (χ1v) is 10.2. The van der Waals surface area contributed by atoms with Crippen molar-refractivity contribution >= 4 is 21.6 Å². The first-order valence-electron chi connectivity index (χ1n) is 8.16. The molecule has 0 radical (unpaired) electrons. The number of aromatic nitrogens is 1. The van der Waals surface area contributed by atoms with Crippen LogP contribution in [-0.2, 0) is 22.2 Å². The molecule has 0 atom stereocenters. The van der Waals surface area contributed by atoms with Crippen LogP contribution in [0.1, 0.15) is 17.0 Å². The molecule has 2 aromatic carbocycles. The van der Waals surface area contributed by atoms with Crippen molar-refractivity contribution in [3.8, 4) is 11.5 Å². The number of halogens is 1. The fourth-order valence-electron chi connectivity index (χ4n) is 2.54. The number of sulfonamides is 1. The van der Waals surface area contributed by atoms with E-state index in [9.17, 15) is 8.42 Å². The predicted molar refractivity (Wildman–Crippen MR) is 102 cm³/mol. The summed E-state index contributed by atoms with van der Waals surface area (Å²) in [5.74, 6) is 1.15. The van der Waals surface area contributed by atoms with Crippen molar-refractivity contribution in [3.63, 3.8) is 0 Å². The molecule has 0 amide bonds. The van der Waals surface area contributed by atoms with Gasteiger partial charge in [-0.15, -0.1) is 0 Å². The van der Waals surface area contributed by atoms with Gasteiger partial charge in [-0.1, -0.05) is 41.9 Å². The Morgan fingerprint density at radius 3 is 2.46 bits per heavy atom. The molecule has 0 aliphatic heterocycles. The van der Waals surface area contributed by atoms with E-state index in [1.807, 2.05) is 37.3 Å². The van der Waals surface area contributed by atoms with Crippen LogP contribution in [0.3, 0.4) is 0 Å². The highest BCUT2D eigenvalue weighted by atomic mass is 35.5. The third kappa shape index (κ3) is 4.94. The first kappa shape index (κ1) is 18.6. The van der Waals surface area contributed by atoms with Gasteiger partial charge >= 0.3 is 0 Å². The summed E-state index contributed by atoms with van der Waals surface area (Å²) in [5, 5.41) is 0.579. The van der Waals surface area contributed by atoms with Crippen LogP contribution in [0, 0.1) is 6.92 Å². The van der Waals surface area contributed by atoms with Gasteiger partial charge in [0, 0.05) is 23.6 Å². The lowest BCUT2D eigenvalue weighted by Gasteiger charge is -2.06. The second-order valence-electron chi connectivity index (χ2n) is 5.92. The van der Waals surface area contributed by atoms with Crippen LogP contribution in [-0.4, -0.2) is 19.9 Å². The van der Waals surface area contributed by atoms with Crippen LogP contribution >= 0.6 is 11.6 Å². The van der Waals surface area contributed by atoms with E-state index in [4.69, 9.17) is 16.0 Å². The van der Waals surface area contributed by atoms with E-state index in [0.717, 1.165) is 11.3 Å². The number of benzene rings is 2. The number of hydrogen-bond acceptors (Lipinski definition) is 4. The number of nitrogens with zero attached hydrogens (tertiary/aromatic N) is 1. The summed E-state index contributed by atoms with van der Waals surface area (Å²) in [4.78, 5) is 4.48. The maximum absolute atomic E-state index is 12.2. The zero-order valence-corrected chi connectivity index (χ0v) is 15.8. The lowest BCUT2D eigenvalue weighted by Crippen LogP contribution is -2.27. The molecule has 0 aliphatic rings. The van der Waals surface area contributed by atoms with Crippen molar-refractivity contribution in [1.82, 2.24) is 9.71 Å². The SMILES string of the molecule is Cc1oc(-c2ccccc2)nc1CCNS(=O)(=O)Cc1ccc(Cl)cc1. The minimum absolute atomic E-state index is 0.0861. The Labute approximate surface area is 158 Å². The smallest absolute Gasteiger partial charge is 0.226 e. The van der Waals surface area contributed by atoms with E-state index in [1.54, 1.807) is 24.3 Å². The number of rotatable bonds is 7. The lowest BCUT2D eigenvalue weighted by atomic mass is 10.2. The molecule has 0 spiro atoms. The second kappa shape index (κ2) is 8.03. The van der Waals surface area contributed by atoms with Crippen molar-refractivity contribution < 1.29 is 12.8 Å². The molecule has 3 aromatic rings. The minimum atomic E-state index is -3.43. The minimum Gasteiger partial charge on any atom is -0.441 e. The van der Waals surface area contributed by atoms with Crippen LogP contribution in [0.2, 0.25) is 5.02 Å². The number of aryl methyl sites for hydroxylation is 1. The van der Waals surface area contributed by atoms with Gasteiger partial charge < -0.3 is 4.42 Å². The van der Waals surface area contributed by atoms with Gasteiger partial charge in [-0.25, -0.2) is 18.1 Å². The molecule has 0 fully saturated rings. The van der Waals surface area contributed by atoms with E-state index < -0.39 is 10.0 Å². The van der Waals surface area contributed by atoms with Gasteiger partial charge in [-0.3, -0.25) is 0 Å². The standard InChI is InChI=1S/C19H19ClN2O3S/c1-14-18(22-19(25-14)16-5-3-2-4-6-16)11-12-21-26(23,24)13-15-7-9-17(20)10-8-15/h2-10,21H,11-13H2,1H3. The zero-order valence-electron chi connectivity index (χ0n) is 14.3. The molecule has 5 nitrogen and oxygen atoms in total. The summed E-state index contributed by atoms with van der Waals surface area (Å²) >= 11 is 5.81. The Bertz CT molecular complexity index is 968. The number of oxazole rings is 1. The van der Waals surface area contributed by atoms with Crippen molar-refractivity contribution in [3.05, 3.63) is 76.6 Å². The van der Waals surface area contributed by atoms with Gasteiger partial charge in [0.25, 0.3) is 0 Å². The van der Waals surface area contributed by atoms with Crippen LogP contribution in [0.5, 0.6) is 0 Å². The largest absolute Gasteiger partial charge is 0.441 e. The summed E-state index contributed by atoms with van der Waals surface area (Å²) in [6, 6.07) is 16.4. The monoisotopic (exact) mass is 390 g/mol. The van der Waals surface area contributed by atoms with Gasteiger partial charge in [0.05, 0.1) is 11.4 Å². The molecule has 3 rings (SSSR count). The van der Waals surface area contributed by atoms with Gasteiger partial charge in [0.15, 0.2) is 0 Å². The van der Waals surface area contributed by atoms with Crippen molar-refractivity contribution in [2.75, 3.05) is 6.54 Å². The summed E-state index contributed by atoms with van der Waals surface area (Å²) in [6.45, 7) is 2.09. The maximum Gasteiger partial charge on any atom is 0.226 e. The molecule has 0 saturated heterocycles. The Kier molecular flexibility index (Phi) is 5.76. The number of nitrogens with one attached hydrogen (secondary N) is 1. The Morgan fingerprint density at radius 2 is 1.77 bits per heavy atom. The molecular formula is C19H19ClN2O3S. The fourth-order valence-corrected chi connectivity index (χ4v) is 3.81. The summed E-state index contributed by atoms with van der Waals surface area (Å²) < 4.78 is 32.7. The van der Waals surface area contributed by atoms with Gasteiger partial charge in [0.2, 0.25) is 15.9 Å². The summed E-state index contributed by atoms with van der Waals surface area (Å²) in [6.07, 6.45) is 0.460. The van der Waals surface area contributed by atoms with Crippen molar-refractivity contribution in [2.24, 2.45) is 0 Å². The van der Waals surface area contributed by atoms with Crippen LogP contribution in [0.25, 0.3) is 11.5 Å². The Balaban J connectivity index is 1.59. The predicted octanol–water partition coefficient (Wildman–Crippen LogP) is 3.97. The molecule has 0 bridgehead atoms. The molecule has 0 aliphatic carbocycles. The summed E-state index contributed by atoms with van der Waals surface area (Å²) in [7, 11) is -3.43. The van der Waals surface area contributed by atoms with E-state index >= 15 is 0 Å². The van der Waals surface area contributed by atoms with Gasteiger partial charge in [0.1, 0.15) is 5.76 Å². The molecule has 0 saturated carbocycles. The van der Waals surface area contributed by atoms with Gasteiger partial charge in [-0.05, 0) is 36.8 Å². The van der Waals surface area contributed by atoms with Crippen LogP contribution in [0.15, 0.2) is 59.0 Å². The molecule has 26 heavy (non-hydrogen) atoms. The lowest BCUT2D eigenvalue weighted by molar-refractivity contribution is 0.538. The molecule has 136 valence electrons. The normalized spacial score (nSPS) is 11.6. The quantitative estimate of drug-likeness (QED) is 0.662. The van der Waals surface area contributed by atoms with E-state index in [0.29, 0.717) is 28.7 Å². The molecule has 1 heterocycles. The average Bonchev–Trinajstić information content (AvgIpc) is 2.98. The van der Waals surface area contributed by atoms with Crippen LogP contribution in [0.4, 0.5) is 0 Å². The molecule has 0 unspecified atom stereocenters. The Hall–Kier alpha value is -2.15. The zero-order chi connectivity index (χ0) is 18.6. The van der Waals surface area contributed by atoms with Crippen molar-refractivity contribution in [1.29, 1.82) is 0 Å². The van der Waals surface area contributed by atoms with Crippen LogP contribution < -0.4 is 4.72 Å². The van der Waals surface area contributed by atoms with Crippen molar-refractivity contribution in [2.45, 2.75) is 19.1 Å². The molecule has 7 heteroatoms. The number of hydrogen-bond donors (Lipinski definition) is 1. The first-order chi connectivity index (χ1) is 12.4. The fraction of sp³-hybridized carbons (Fsp3) is 0.211. The van der Waals surface area contributed by atoms with E-state index in [-0.39, 0.29) is 12.3 Å². The van der Waals surface area contributed by atoms with E-state index in [2.05, 4.69) is 9.71 Å². The highest BCUT2D eigenvalue weighted by Crippen LogP contribution is 2.21.